The quantitative estimate of drug-likeness (QED) is 0.297. The maximum atomic E-state index is 13.7. The number of aromatic nitrogens is 3. The maximum Gasteiger partial charge on any atom is 0.336 e. The lowest BCUT2D eigenvalue weighted by molar-refractivity contribution is 0.220. The van der Waals surface area contributed by atoms with Crippen LogP contribution in [0.5, 0.6) is 0 Å². The molecule has 0 bridgehead atoms. The number of hydrogen-bond acceptors (Lipinski definition) is 8. The van der Waals surface area contributed by atoms with Crippen LogP contribution in [-0.4, -0.2) is 39.0 Å². The summed E-state index contributed by atoms with van der Waals surface area (Å²) in [4.78, 5) is 69.5. The predicted molar refractivity (Wildman–Crippen MR) is 152 cm³/mol. The van der Waals surface area contributed by atoms with E-state index in [1.54, 1.807) is 12.2 Å². The molecule has 0 aromatic carbocycles. The predicted octanol–water partition coefficient (Wildman–Crippen LogP) is 3.18. The molecule has 41 heavy (non-hydrogen) atoms. The summed E-state index contributed by atoms with van der Waals surface area (Å²) in [7, 11) is 0. The van der Waals surface area contributed by atoms with Crippen LogP contribution in [0.4, 0.5) is 0 Å². The third-order valence-corrected chi connectivity index (χ3v) is 9.81. The highest BCUT2D eigenvalue weighted by Crippen LogP contribution is 2.32. The van der Waals surface area contributed by atoms with E-state index in [4.69, 9.17) is 5.26 Å². The number of carbonyl (C=O) groups excluding carboxylic acids is 2. The Kier molecular flexibility index (Phi) is 11.2. The molecule has 3 saturated carbocycles. The van der Waals surface area contributed by atoms with Gasteiger partial charge < -0.3 is 0 Å². The lowest BCUT2D eigenvalue weighted by atomic mass is 9.81. The van der Waals surface area contributed by atoms with Crippen LogP contribution < -0.4 is 17.1 Å². The van der Waals surface area contributed by atoms with E-state index >= 15 is 0 Å². The van der Waals surface area contributed by atoms with Gasteiger partial charge in [0, 0.05) is 26.1 Å². The lowest BCUT2D eigenvalue weighted by Crippen LogP contribution is -2.56. The Morgan fingerprint density at radius 1 is 0.537 bits per heavy atom. The van der Waals surface area contributed by atoms with Crippen molar-refractivity contribution in [2.75, 3.05) is 13.1 Å². The van der Waals surface area contributed by atoms with Crippen molar-refractivity contribution in [3.05, 3.63) is 31.5 Å². The van der Waals surface area contributed by atoms with Gasteiger partial charge >= 0.3 is 17.1 Å². The standard InChI is InChI=1S/C30H42N6O5/c31-14-13-22-1-7-25(8-2-22)17-34-28(39)35(18-26-9-3-23(4-10-26)15-32-20-37)30(41)36(29(34)40)19-27-11-5-24(6-12-27)16-33-21-38/h22-27H,1-13,15-19H2. The largest absolute Gasteiger partial charge is 0.336 e. The zero-order valence-electron chi connectivity index (χ0n) is 23.9. The molecule has 0 spiro atoms. The molecule has 11 heteroatoms. The van der Waals surface area contributed by atoms with E-state index in [9.17, 15) is 24.0 Å². The van der Waals surface area contributed by atoms with Gasteiger partial charge in [0.1, 0.15) is 0 Å². The topological polar surface area (TPSA) is 149 Å². The maximum absolute atomic E-state index is 13.7. The van der Waals surface area contributed by atoms with Gasteiger partial charge in [-0.05, 0) is 113 Å². The second kappa shape index (κ2) is 15.0. The summed E-state index contributed by atoms with van der Waals surface area (Å²) in [5.41, 5.74) is -1.55. The van der Waals surface area contributed by atoms with Crippen LogP contribution in [-0.2, 0) is 29.2 Å². The van der Waals surface area contributed by atoms with Gasteiger partial charge in [-0.3, -0.25) is 0 Å². The average molecular weight is 567 g/mol. The number of aliphatic imine (C=N–C) groups is 2. The Morgan fingerprint density at radius 3 is 1.12 bits per heavy atom. The van der Waals surface area contributed by atoms with E-state index in [-0.39, 0.29) is 30.8 Å². The van der Waals surface area contributed by atoms with E-state index in [0.29, 0.717) is 43.8 Å². The molecule has 11 nitrogen and oxygen atoms in total. The minimum absolute atomic E-state index is 0.145. The number of nitriles is 1. The van der Waals surface area contributed by atoms with Gasteiger partial charge in [-0.1, -0.05) is 0 Å². The third kappa shape index (κ3) is 8.12. The minimum Gasteiger partial charge on any atom is -0.247 e. The van der Waals surface area contributed by atoms with Crippen LogP contribution in [0.25, 0.3) is 0 Å². The van der Waals surface area contributed by atoms with Crippen molar-refractivity contribution in [2.45, 2.75) is 103 Å². The normalized spacial score (nSPS) is 28.2. The molecule has 0 amide bonds. The first-order chi connectivity index (χ1) is 19.9. The van der Waals surface area contributed by atoms with Gasteiger partial charge in [-0.2, -0.15) is 5.26 Å². The molecule has 4 rings (SSSR count). The Hall–Kier alpha value is -3.34. The van der Waals surface area contributed by atoms with Gasteiger partial charge in [0.2, 0.25) is 12.2 Å². The molecule has 1 aromatic rings. The molecule has 0 saturated heterocycles. The second-order valence-electron chi connectivity index (χ2n) is 12.6. The Morgan fingerprint density at radius 2 is 0.829 bits per heavy atom. The molecule has 0 aliphatic heterocycles. The monoisotopic (exact) mass is 566 g/mol. The fourth-order valence-electron chi connectivity index (χ4n) is 7.20. The van der Waals surface area contributed by atoms with Crippen LogP contribution in [0, 0.1) is 46.8 Å². The van der Waals surface area contributed by atoms with Crippen molar-refractivity contribution < 1.29 is 9.59 Å². The van der Waals surface area contributed by atoms with Crippen molar-refractivity contribution in [2.24, 2.45) is 45.5 Å². The lowest BCUT2D eigenvalue weighted by Gasteiger charge is -2.30. The van der Waals surface area contributed by atoms with E-state index in [1.807, 2.05) is 0 Å². The summed E-state index contributed by atoms with van der Waals surface area (Å²) in [5.74, 6) is 1.46. The van der Waals surface area contributed by atoms with Crippen molar-refractivity contribution in [1.29, 1.82) is 5.26 Å². The summed E-state index contributed by atoms with van der Waals surface area (Å²) in [6.45, 7) is 1.80. The van der Waals surface area contributed by atoms with Gasteiger partial charge in [-0.25, -0.2) is 47.7 Å². The fourth-order valence-corrected chi connectivity index (χ4v) is 7.20. The molecule has 3 fully saturated rings. The second-order valence-corrected chi connectivity index (χ2v) is 12.6. The first-order valence-electron chi connectivity index (χ1n) is 15.3. The molecular weight excluding hydrogens is 524 g/mol. The highest BCUT2D eigenvalue weighted by molar-refractivity contribution is 5.33. The van der Waals surface area contributed by atoms with Crippen molar-refractivity contribution >= 4 is 12.2 Å². The molecular formula is C30H42N6O5. The zero-order chi connectivity index (χ0) is 29.2. The van der Waals surface area contributed by atoms with Gasteiger partial charge in [0.25, 0.3) is 0 Å². The van der Waals surface area contributed by atoms with Crippen molar-refractivity contribution in [1.82, 2.24) is 13.7 Å². The summed E-state index contributed by atoms with van der Waals surface area (Å²) in [6.07, 6.45) is 14.1. The Balaban J connectivity index is 1.55. The summed E-state index contributed by atoms with van der Waals surface area (Å²) < 4.78 is 3.88. The van der Waals surface area contributed by atoms with Gasteiger partial charge in [-0.15, -0.1) is 0 Å². The Bertz CT molecular complexity index is 1250. The molecule has 1 aromatic heterocycles. The van der Waals surface area contributed by atoms with Gasteiger partial charge in [0.05, 0.1) is 19.2 Å². The fraction of sp³-hybridized carbons (Fsp3) is 0.800. The number of hydrogen-bond donors (Lipinski definition) is 0. The first-order valence-corrected chi connectivity index (χ1v) is 15.3. The molecule has 0 N–H and O–H groups in total. The summed E-state index contributed by atoms with van der Waals surface area (Å²) >= 11 is 0. The van der Waals surface area contributed by atoms with Crippen LogP contribution in [0.1, 0.15) is 83.5 Å². The molecule has 0 unspecified atom stereocenters. The minimum atomic E-state index is -0.519. The first kappa shape index (κ1) is 30.6. The van der Waals surface area contributed by atoms with Crippen molar-refractivity contribution in [3.8, 4) is 6.07 Å². The SMILES string of the molecule is N#CCC1CCC(Cn2c(=O)n(CC3CCC(CN=C=O)CC3)c(=O)n(CC3CCC(CN=C=O)CC3)c2=O)CC1. The highest BCUT2D eigenvalue weighted by atomic mass is 16.2. The molecule has 3 aliphatic carbocycles. The van der Waals surface area contributed by atoms with Crippen LogP contribution >= 0.6 is 0 Å². The van der Waals surface area contributed by atoms with Crippen LogP contribution in [0.15, 0.2) is 24.4 Å². The summed E-state index contributed by atoms with van der Waals surface area (Å²) in [6, 6.07) is 2.25. The number of isocyanates is 2. The van der Waals surface area contributed by atoms with Crippen LogP contribution in [0.3, 0.4) is 0 Å². The molecule has 222 valence electrons. The third-order valence-electron chi connectivity index (χ3n) is 9.81. The molecule has 0 atom stereocenters. The zero-order valence-corrected chi connectivity index (χ0v) is 23.9. The highest BCUT2D eigenvalue weighted by Gasteiger charge is 2.28. The van der Waals surface area contributed by atoms with E-state index < -0.39 is 17.1 Å². The van der Waals surface area contributed by atoms with E-state index in [0.717, 1.165) is 77.0 Å². The number of rotatable bonds is 11. The molecule has 0 radical (unpaired) electrons. The molecule has 3 aliphatic rings. The van der Waals surface area contributed by atoms with Crippen molar-refractivity contribution in [3.63, 3.8) is 0 Å². The van der Waals surface area contributed by atoms with Gasteiger partial charge in [0.15, 0.2) is 0 Å². The average Bonchev–Trinajstić information content (AvgIpc) is 3.00. The summed E-state index contributed by atoms with van der Waals surface area (Å²) in [5, 5.41) is 9.04. The molecule has 1 heterocycles. The van der Waals surface area contributed by atoms with E-state index in [2.05, 4.69) is 16.1 Å². The van der Waals surface area contributed by atoms with Crippen LogP contribution in [0.2, 0.25) is 0 Å². The van der Waals surface area contributed by atoms with E-state index in [1.165, 1.54) is 13.7 Å². The number of nitrogens with zero attached hydrogens (tertiary/aromatic N) is 6. The smallest absolute Gasteiger partial charge is 0.247 e. The Labute approximate surface area is 240 Å².